The number of nitrogens with zero attached hydrogens (tertiary/aromatic N) is 3. The van der Waals surface area contributed by atoms with Crippen molar-refractivity contribution in [3.05, 3.63) is 58.9 Å². The van der Waals surface area contributed by atoms with Crippen LogP contribution in [0.2, 0.25) is 5.02 Å². The quantitative estimate of drug-likeness (QED) is 0.900. The van der Waals surface area contributed by atoms with E-state index in [0.29, 0.717) is 16.5 Å². The van der Waals surface area contributed by atoms with Crippen LogP contribution in [0.3, 0.4) is 0 Å². The predicted molar refractivity (Wildman–Crippen MR) is 100 cm³/mol. The summed E-state index contributed by atoms with van der Waals surface area (Å²) < 4.78 is 0. The molecule has 0 radical (unpaired) electrons. The van der Waals surface area contributed by atoms with Gasteiger partial charge in [0.15, 0.2) is 0 Å². The number of rotatable bonds is 3. The van der Waals surface area contributed by atoms with E-state index in [1.165, 1.54) is 6.07 Å². The van der Waals surface area contributed by atoms with E-state index in [1.54, 1.807) is 12.1 Å². The van der Waals surface area contributed by atoms with Crippen molar-refractivity contribution >= 4 is 17.5 Å². The van der Waals surface area contributed by atoms with Gasteiger partial charge in [0.1, 0.15) is 5.75 Å². The van der Waals surface area contributed by atoms with Crippen LogP contribution in [0.25, 0.3) is 0 Å². The normalized spacial score (nSPS) is 23.0. The molecule has 1 amide bonds. The molecule has 0 spiro atoms. The van der Waals surface area contributed by atoms with Gasteiger partial charge in [0.2, 0.25) is 0 Å². The molecule has 0 unspecified atom stereocenters. The Kier molecular flexibility index (Phi) is 4.83. The second-order valence-electron chi connectivity index (χ2n) is 7.23. The summed E-state index contributed by atoms with van der Waals surface area (Å²) in [5, 5.41) is 10.6. The van der Waals surface area contributed by atoms with Crippen molar-refractivity contribution in [2.75, 3.05) is 19.6 Å². The van der Waals surface area contributed by atoms with E-state index in [9.17, 15) is 9.90 Å². The third-order valence-corrected chi connectivity index (χ3v) is 5.59. The van der Waals surface area contributed by atoms with Gasteiger partial charge >= 0.3 is 0 Å². The first-order chi connectivity index (χ1) is 12.6. The molecule has 6 heteroatoms. The minimum Gasteiger partial charge on any atom is -0.507 e. The van der Waals surface area contributed by atoms with Crippen molar-refractivity contribution in [1.82, 2.24) is 14.8 Å². The first-order valence-electron chi connectivity index (χ1n) is 9.02. The number of carbonyl (C=O) groups is 1. The summed E-state index contributed by atoms with van der Waals surface area (Å²) in [5.74, 6) is 0.312. The molecule has 3 saturated heterocycles. The van der Waals surface area contributed by atoms with Crippen LogP contribution in [0, 0.1) is 5.92 Å². The molecular formula is C20H22ClN3O2. The minimum absolute atomic E-state index is 0.00939. The highest BCUT2D eigenvalue weighted by Gasteiger charge is 2.38. The van der Waals surface area contributed by atoms with Crippen LogP contribution in [0.4, 0.5) is 0 Å². The van der Waals surface area contributed by atoms with Gasteiger partial charge < -0.3 is 10.0 Å². The first kappa shape index (κ1) is 17.3. The van der Waals surface area contributed by atoms with Crippen LogP contribution in [-0.4, -0.2) is 51.5 Å². The Morgan fingerprint density at radius 1 is 1.19 bits per heavy atom. The third-order valence-electron chi connectivity index (χ3n) is 5.35. The van der Waals surface area contributed by atoms with E-state index in [0.717, 1.165) is 44.7 Å². The molecule has 3 aliphatic rings. The number of aromatic nitrogens is 1. The van der Waals surface area contributed by atoms with Gasteiger partial charge in [-0.3, -0.25) is 14.7 Å². The van der Waals surface area contributed by atoms with Crippen molar-refractivity contribution in [3.63, 3.8) is 0 Å². The molecule has 4 heterocycles. The molecule has 26 heavy (non-hydrogen) atoms. The maximum absolute atomic E-state index is 13.1. The van der Waals surface area contributed by atoms with Gasteiger partial charge in [-0.15, -0.1) is 0 Å². The lowest BCUT2D eigenvalue weighted by Gasteiger charge is -2.36. The summed E-state index contributed by atoms with van der Waals surface area (Å²) in [6, 6.07) is 10.8. The number of phenolic OH excluding ortho intramolecular Hbond substituents is 1. The maximum Gasteiger partial charge on any atom is 0.257 e. The predicted octanol–water partition coefficient (Wildman–Crippen LogP) is 3.18. The Hall–Kier alpha value is -2.11. The number of hydrogen-bond acceptors (Lipinski definition) is 4. The number of carbonyl (C=O) groups excluding carboxylic acids is 1. The van der Waals surface area contributed by atoms with Gasteiger partial charge in [0.25, 0.3) is 5.91 Å². The molecule has 2 atom stereocenters. The number of piperidine rings is 1. The molecule has 2 aromatic rings. The SMILES string of the molecule is O=C(c1cc(Cl)ccc1O)N1C[C@H]2CC[C@@H]1CN(Cc1ccccn1)C2. The fourth-order valence-corrected chi connectivity index (χ4v) is 4.28. The van der Waals surface area contributed by atoms with E-state index in [1.807, 2.05) is 29.3 Å². The third kappa shape index (κ3) is 3.55. The van der Waals surface area contributed by atoms with Crippen molar-refractivity contribution in [2.45, 2.75) is 25.4 Å². The second-order valence-corrected chi connectivity index (χ2v) is 7.67. The highest BCUT2D eigenvalue weighted by Crippen LogP contribution is 2.32. The smallest absolute Gasteiger partial charge is 0.257 e. The standard InChI is InChI=1S/C20H22ClN3O2/c21-15-5-7-19(25)18(9-15)20(26)24-11-14-4-6-17(24)13-23(10-14)12-16-3-1-2-8-22-16/h1-3,5,7-9,14,17,25H,4,6,10-13H2/t14-,17+/m0/s1. The molecule has 136 valence electrons. The van der Waals surface area contributed by atoms with Gasteiger partial charge in [-0.25, -0.2) is 0 Å². The highest BCUT2D eigenvalue weighted by atomic mass is 35.5. The number of amides is 1. The Morgan fingerprint density at radius 3 is 2.88 bits per heavy atom. The fourth-order valence-electron chi connectivity index (χ4n) is 4.11. The van der Waals surface area contributed by atoms with Crippen LogP contribution in [-0.2, 0) is 6.54 Å². The number of phenols is 1. The number of benzene rings is 1. The molecule has 5 rings (SSSR count). The van der Waals surface area contributed by atoms with Gasteiger partial charge in [0, 0.05) is 43.4 Å². The highest BCUT2D eigenvalue weighted by molar-refractivity contribution is 6.31. The summed E-state index contributed by atoms with van der Waals surface area (Å²) in [5.41, 5.74) is 1.35. The van der Waals surface area contributed by atoms with Crippen LogP contribution < -0.4 is 0 Å². The van der Waals surface area contributed by atoms with Crippen molar-refractivity contribution in [2.24, 2.45) is 5.92 Å². The van der Waals surface area contributed by atoms with Crippen LogP contribution in [0.5, 0.6) is 5.75 Å². The summed E-state index contributed by atoms with van der Waals surface area (Å²) in [6.45, 7) is 3.34. The van der Waals surface area contributed by atoms with Crippen molar-refractivity contribution in [1.29, 1.82) is 0 Å². The van der Waals surface area contributed by atoms with E-state index < -0.39 is 0 Å². The van der Waals surface area contributed by atoms with Gasteiger partial charge in [-0.1, -0.05) is 17.7 Å². The second kappa shape index (κ2) is 7.25. The monoisotopic (exact) mass is 371 g/mol. The van der Waals surface area contributed by atoms with Gasteiger partial charge in [-0.05, 0) is 49.1 Å². The van der Waals surface area contributed by atoms with Gasteiger partial charge in [0.05, 0.1) is 11.3 Å². The largest absolute Gasteiger partial charge is 0.507 e. The number of fused-ring (bicyclic) bond motifs is 4. The van der Waals surface area contributed by atoms with Crippen molar-refractivity contribution in [3.8, 4) is 5.75 Å². The first-order valence-corrected chi connectivity index (χ1v) is 9.39. The number of hydrogen-bond donors (Lipinski definition) is 1. The molecule has 0 saturated carbocycles. The minimum atomic E-state index is -0.126. The molecular weight excluding hydrogens is 350 g/mol. The molecule has 1 N–H and O–H groups in total. The summed E-state index contributed by atoms with van der Waals surface area (Å²) in [7, 11) is 0. The topological polar surface area (TPSA) is 56.7 Å². The summed E-state index contributed by atoms with van der Waals surface area (Å²) in [6.07, 6.45) is 3.95. The maximum atomic E-state index is 13.1. The van der Waals surface area contributed by atoms with Crippen LogP contribution in [0.1, 0.15) is 28.9 Å². The molecule has 1 aromatic heterocycles. The number of pyridine rings is 1. The molecule has 3 fully saturated rings. The van der Waals surface area contributed by atoms with E-state index in [4.69, 9.17) is 11.6 Å². The zero-order valence-electron chi connectivity index (χ0n) is 14.5. The lowest BCUT2D eigenvalue weighted by atomic mass is 9.94. The number of aromatic hydroxyl groups is 1. The number of halogens is 1. The summed E-state index contributed by atoms with van der Waals surface area (Å²) >= 11 is 6.03. The van der Waals surface area contributed by atoms with E-state index in [2.05, 4.69) is 9.88 Å². The van der Waals surface area contributed by atoms with E-state index in [-0.39, 0.29) is 17.7 Å². The van der Waals surface area contributed by atoms with Crippen LogP contribution >= 0.6 is 11.6 Å². The van der Waals surface area contributed by atoms with Crippen LogP contribution in [0.15, 0.2) is 42.6 Å². The Labute approximate surface area is 158 Å². The van der Waals surface area contributed by atoms with Gasteiger partial charge in [-0.2, -0.15) is 0 Å². The Balaban J connectivity index is 1.53. The van der Waals surface area contributed by atoms with E-state index >= 15 is 0 Å². The molecule has 0 aliphatic carbocycles. The zero-order chi connectivity index (χ0) is 18.1. The summed E-state index contributed by atoms with van der Waals surface area (Å²) in [4.78, 5) is 21.8. The lowest BCUT2D eigenvalue weighted by molar-refractivity contribution is 0.0582. The lowest BCUT2D eigenvalue weighted by Crippen LogP contribution is -2.47. The molecule has 2 bridgehead atoms. The molecule has 5 nitrogen and oxygen atoms in total. The Bertz CT molecular complexity index is 799. The molecule has 1 aromatic carbocycles. The van der Waals surface area contributed by atoms with Crippen molar-refractivity contribution < 1.29 is 9.90 Å². The average Bonchev–Trinajstić information content (AvgIpc) is 2.94. The average molecular weight is 372 g/mol. The fraction of sp³-hybridized carbons (Fsp3) is 0.400. The molecule has 3 aliphatic heterocycles. The zero-order valence-corrected chi connectivity index (χ0v) is 15.3. The Morgan fingerprint density at radius 2 is 2.08 bits per heavy atom.